The van der Waals surface area contributed by atoms with Gasteiger partial charge in [0, 0.05) is 12.1 Å². The third-order valence-electron chi connectivity index (χ3n) is 3.95. The van der Waals surface area contributed by atoms with Gasteiger partial charge in [-0.3, -0.25) is 19.2 Å². The maximum absolute atomic E-state index is 13.4. The normalized spacial score (nSPS) is 11.0. The smallest absolute Gasteiger partial charge is 0.326 e. The van der Waals surface area contributed by atoms with Gasteiger partial charge in [0.25, 0.3) is 15.7 Å². The third kappa shape index (κ3) is 4.96. The number of ether oxygens (including phenoxy) is 2. The highest BCUT2D eigenvalue weighted by atomic mass is 35.5. The van der Waals surface area contributed by atoms with Gasteiger partial charge in [0.05, 0.1) is 34.2 Å². The molecular formula is C18H19ClN2O7S. The summed E-state index contributed by atoms with van der Waals surface area (Å²) in [5, 5.41) is 11.2. The number of nitrogens with zero attached hydrogens (tertiary/aromatic N) is 2. The van der Waals surface area contributed by atoms with Crippen molar-refractivity contribution in [3.63, 3.8) is 0 Å². The Bertz CT molecular complexity index is 1040. The van der Waals surface area contributed by atoms with Crippen molar-refractivity contribution in [2.75, 3.05) is 24.6 Å². The fraction of sp³-hybridized carbons (Fsp3) is 0.278. The molecule has 2 aromatic rings. The molecule has 11 heteroatoms. The van der Waals surface area contributed by atoms with Gasteiger partial charge in [0.15, 0.2) is 0 Å². The van der Waals surface area contributed by atoms with E-state index in [9.17, 15) is 23.3 Å². The summed E-state index contributed by atoms with van der Waals surface area (Å²) in [6.07, 6.45) is 0. The van der Waals surface area contributed by atoms with Crippen LogP contribution in [0.4, 0.5) is 11.4 Å². The minimum Gasteiger partial charge on any atom is -0.495 e. The van der Waals surface area contributed by atoms with Gasteiger partial charge in [0.2, 0.25) is 0 Å². The second-order valence-electron chi connectivity index (χ2n) is 5.84. The molecule has 0 fully saturated rings. The number of hydrogen-bond acceptors (Lipinski definition) is 7. The Labute approximate surface area is 173 Å². The van der Waals surface area contributed by atoms with Crippen molar-refractivity contribution in [2.24, 2.45) is 0 Å². The molecule has 0 heterocycles. The van der Waals surface area contributed by atoms with Crippen molar-refractivity contribution >= 4 is 39.0 Å². The molecule has 2 aromatic carbocycles. The number of esters is 1. The van der Waals surface area contributed by atoms with Gasteiger partial charge in [-0.05, 0) is 37.6 Å². The predicted molar refractivity (Wildman–Crippen MR) is 107 cm³/mol. The van der Waals surface area contributed by atoms with Crippen LogP contribution in [0.2, 0.25) is 5.02 Å². The fourth-order valence-corrected chi connectivity index (χ4v) is 4.45. The molecule has 0 N–H and O–H groups in total. The summed E-state index contributed by atoms with van der Waals surface area (Å²) >= 11 is 6.11. The Hall–Kier alpha value is -2.85. The average molecular weight is 443 g/mol. The molecule has 0 saturated heterocycles. The summed E-state index contributed by atoms with van der Waals surface area (Å²) in [6, 6.07) is 7.67. The molecule has 29 heavy (non-hydrogen) atoms. The number of rotatable bonds is 8. The van der Waals surface area contributed by atoms with Crippen LogP contribution >= 0.6 is 11.6 Å². The zero-order chi connectivity index (χ0) is 21.8. The summed E-state index contributed by atoms with van der Waals surface area (Å²) in [5.74, 6) is -0.471. The molecule has 0 bridgehead atoms. The number of hydrogen-bond donors (Lipinski definition) is 0. The lowest BCUT2D eigenvalue weighted by Crippen LogP contribution is -2.37. The third-order valence-corrected chi connectivity index (χ3v) is 6.16. The van der Waals surface area contributed by atoms with E-state index in [2.05, 4.69) is 0 Å². The Kier molecular flexibility index (Phi) is 7.04. The van der Waals surface area contributed by atoms with E-state index in [4.69, 9.17) is 21.1 Å². The standard InChI is InChI=1S/C18H19ClN2O7S/c1-4-28-18(22)11-20(13-7-8-16(27-3)15(19)9-13)29(25,26)17-10-14(21(23)24)6-5-12(17)2/h5-10H,4,11H2,1-3H3. The molecule has 0 aliphatic heterocycles. The average Bonchev–Trinajstić information content (AvgIpc) is 2.66. The number of aryl methyl sites for hydroxylation is 1. The second-order valence-corrected chi connectivity index (χ2v) is 8.08. The molecule has 9 nitrogen and oxygen atoms in total. The van der Waals surface area contributed by atoms with E-state index < -0.39 is 33.1 Å². The zero-order valence-corrected chi connectivity index (χ0v) is 17.5. The molecule has 2 rings (SSSR count). The van der Waals surface area contributed by atoms with Gasteiger partial charge in [-0.25, -0.2) is 8.42 Å². The van der Waals surface area contributed by atoms with E-state index in [1.807, 2.05) is 0 Å². The number of sulfonamides is 1. The Morgan fingerprint density at radius 2 is 1.93 bits per heavy atom. The van der Waals surface area contributed by atoms with E-state index >= 15 is 0 Å². The lowest BCUT2D eigenvalue weighted by atomic mass is 10.2. The number of benzene rings is 2. The first-order valence-corrected chi connectivity index (χ1v) is 10.2. The topological polar surface area (TPSA) is 116 Å². The van der Waals surface area contributed by atoms with Crippen LogP contribution in [0.3, 0.4) is 0 Å². The van der Waals surface area contributed by atoms with Crippen molar-refractivity contribution in [2.45, 2.75) is 18.7 Å². The number of methoxy groups -OCH3 is 1. The first-order chi connectivity index (χ1) is 13.6. The predicted octanol–water partition coefficient (Wildman–Crippen LogP) is 3.32. The maximum Gasteiger partial charge on any atom is 0.326 e. The molecule has 0 amide bonds. The lowest BCUT2D eigenvalue weighted by molar-refractivity contribution is -0.385. The second kappa shape index (κ2) is 9.10. The first kappa shape index (κ1) is 22.4. The molecule has 0 aromatic heterocycles. The monoisotopic (exact) mass is 442 g/mol. The van der Waals surface area contributed by atoms with Gasteiger partial charge in [-0.15, -0.1) is 0 Å². The SMILES string of the molecule is CCOC(=O)CN(c1ccc(OC)c(Cl)c1)S(=O)(=O)c1cc([N+](=O)[O-])ccc1C. The molecule has 0 radical (unpaired) electrons. The van der Waals surface area contributed by atoms with Crippen molar-refractivity contribution < 1.29 is 27.6 Å². The maximum atomic E-state index is 13.4. The summed E-state index contributed by atoms with van der Waals surface area (Å²) < 4.78 is 37.4. The lowest BCUT2D eigenvalue weighted by Gasteiger charge is -2.24. The fourth-order valence-electron chi connectivity index (χ4n) is 2.55. The molecule has 0 atom stereocenters. The summed E-state index contributed by atoms with van der Waals surface area (Å²) in [5.41, 5.74) is -0.0307. The molecule has 0 spiro atoms. The van der Waals surface area contributed by atoms with E-state index in [0.717, 1.165) is 10.4 Å². The minimum absolute atomic E-state index is 0.0614. The van der Waals surface area contributed by atoms with Crippen LogP contribution in [-0.2, 0) is 19.6 Å². The van der Waals surface area contributed by atoms with Crippen LogP contribution in [0.25, 0.3) is 0 Å². The summed E-state index contributed by atoms with van der Waals surface area (Å²) in [7, 11) is -2.96. The highest BCUT2D eigenvalue weighted by molar-refractivity contribution is 7.93. The van der Waals surface area contributed by atoms with E-state index in [1.165, 1.54) is 44.4 Å². The Balaban J connectivity index is 2.64. The van der Waals surface area contributed by atoms with Gasteiger partial charge >= 0.3 is 5.97 Å². The van der Waals surface area contributed by atoms with Crippen molar-refractivity contribution in [3.05, 3.63) is 57.1 Å². The van der Waals surface area contributed by atoms with Crippen LogP contribution in [-0.4, -0.2) is 39.6 Å². The van der Waals surface area contributed by atoms with Gasteiger partial charge in [-0.1, -0.05) is 17.7 Å². The number of nitro benzene ring substituents is 1. The quantitative estimate of drug-likeness (QED) is 0.349. The molecule has 0 unspecified atom stereocenters. The van der Waals surface area contributed by atoms with Crippen LogP contribution in [0.1, 0.15) is 12.5 Å². The highest BCUT2D eigenvalue weighted by Gasteiger charge is 2.31. The minimum atomic E-state index is -4.36. The number of halogens is 1. The number of nitro groups is 1. The highest BCUT2D eigenvalue weighted by Crippen LogP contribution is 2.33. The van der Waals surface area contributed by atoms with Crippen molar-refractivity contribution in [1.29, 1.82) is 0 Å². The number of carbonyl (C=O) groups excluding carboxylic acids is 1. The van der Waals surface area contributed by atoms with Gasteiger partial charge in [0.1, 0.15) is 12.3 Å². The molecule has 156 valence electrons. The molecule has 0 saturated carbocycles. The first-order valence-electron chi connectivity index (χ1n) is 8.38. The van der Waals surface area contributed by atoms with Gasteiger partial charge < -0.3 is 9.47 Å². The summed E-state index contributed by atoms with van der Waals surface area (Å²) in [4.78, 5) is 22.2. The Morgan fingerprint density at radius 3 is 2.48 bits per heavy atom. The van der Waals surface area contributed by atoms with E-state index in [1.54, 1.807) is 6.92 Å². The van der Waals surface area contributed by atoms with Crippen LogP contribution in [0.15, 0.2) is 41.3 Å². The van der Waals surface area contributed by atoms with E-state index in [-0.39, 0.29) is 27.8 Å². The van der Waals surface area contributed by atoms with Crippen LogP contribution < -0.4 is 9.04 Å². The van der Waals surface area contributed by atoms with E-state index in [0.29, 0.717) is 5.75 Å². The van der Waals surface area contributed by atoms with Crippen molar-refractivity contribution in [3.8, 4) is 5.75 Å². The summed E-state index contributed by atoms with van der Waals surface area (Å²) in [6.45, 7) is 2.51. The Morgan fingerprint density at radius 1 is 1.24 bits per heavy atom. The van der Waals surface area contributed by atoms with Crippen LogP contribution in [0.5, 0.6) is 5.75 Å². The number of carbonyl (C=O) groups is 1. The number of anilines is 1. The number of non-ortho nitro benzene ring substituents is 1. The largest absolute Gasteiger partial charge is 0.495 e. The zero-order valence-electron chi connectivity index (χ0n) is 15.9. The van der Waals surface area contributed by atoms with Gasteiger partial charge in [-0.2, -0.15) is 0 Å². The molecular weight excluding hydrogens is 424 g/mol. The molecule has 0 aliphatic rings. The molecule has 0 aliphatic carbocycles. The van der Waals surface area contributed by atoms with Crippen LogP contribution in [0, 0.1) is 17.0 Å². The van der Waals surface area contributed by atoms with Crippen molar-refractivity contribution in [1.82, 2.24) is 0 Å².